The molecule has 2 bridgehead atoms. The lowest BCUT2D eigenvalue weighted by Gasteiger charge is -2.34. The summed E-state index contributed by atoms with van der Waals surface area (Å²) in [4.78, 5) is 12.9. The van der Waals surface area contributed by atoms with Gasteiger partial charge in [0.15, 0.2) is 5.17 Å². The molecule has 0 radical (unpaired) electrons. The highest BCUT2D eigenvalue weighted by molar-refractivity contribution is 9.10. The molecular weight excluding hydrogens is 410 g/mol. The van der Waals surface area contributed by atoms with E-state index >= 15 is 0 Å². The molecule has 2 atom stereocenters. The Morgan fingerprint density at radius 2 is 1.96 bits per heavy atom. The second kappa shape index (κ2) is 6.34. The molecule has 4 nitrogen and oxygen atoms in total. The molecule has 2 saturated carbocycles. The van der Waals surface area contributed by atoms with Gasteiger partial charge in [-0.15, -0.1) is 5.10 Å². The van der Waals surface area contributed by atoms with Crippen LogP contribution in [0.3, 0.4) is 0 Å². The van der Waals surface area contributed by atoms with E-state index in [1.54, 1.807) is 0 Å². The zero-order valence-corrected chi connectivity index (χ0v) is 17.6. The molecular formula is C20H22BrN3OS. The molecule has 1 aromatic rings. The third kappa shape index (κ3) is 2.87. The normalized spacial score (nSPS) is 34.2. The highest BCUT2D eigenvalue weighted by atomic mass is 79.9. The van der Waals surface area contributed by atoms with Gasteiger partial charge in [-0.2, -0.15) is 5.10 Å². The Morgan fingerprint density at radius 1 is 1.23 bits per heavy atom. The first kappa shape index (κ1) is 18.0. The number of carbonyl (C=O) groups excluding carboxylic acids is 1. The van der Waals surface area contributed by atoms with Gasteiger partial charge in [0.05, 0.1) is 4.91 Å². The van der Waals surface area contributed by atoms with Crippen LogP contribution in [0.1, 0.15) is 45.6 Å². The van der Waals surface area contributed by atoms with Crippen molar-refractivity contribution in [2.75, 3.05) is 0 Å². The Hall–Kier alpha value is -1.40. The molecule has 136 valence electrons. The number of nitrogens with zero attached hydrogens (tertiary/aromatic N) is 2. The van der Waals surface area contributed by atoms with E-state index in [1.807, 2.05) is 30.3 Å². The summed E-state index contributed by atoms with van der Waals surface area (Å²) in [6, 6.07) is 7.86. The van der Waals surface area contributed by atoms with Gasteiger partial charge in [-0.3, -0.25) is 10.1 Å². The van der Waals surface area contributed by atoms with Gasteiger partial charge in [0.1, 0.15) is 0 Å². The van der Waals surface area contributed by atoms with E-state index < -0.39 is 0 Å². The van der Waals surface area contributed by atoms with Gasteiger partial charge >= 0.3 is 0 Å². The Kier molecular flexibility index (Phi) is 4.39. The van der Waals surface area contributed by atoms with Crippen LogP contribution in [0, 0.1) is 16.7 Å². The van der Waals surface area contributed by atoms with Crippen molar-refractivity contribution >= 4 is 50.6 Å². The zero-order chi connectivity index (χ0) is 18.5. The van der Waals surface area contributed by atoms with Gasteiger partial charge in [0.2, 0.25) is 0 Å². The molecule has 0 spiro atoms. The SMILES string of the molecule is CC12CCC(C/C1=N/N=C1\NC(=O)/C(=C\c3ccc(Br)cc3)S1)C2(C)C. The Labute approximate surface area is 166 Å². The maximum absolute atomic E-state index is 12.2. The Morgan fingerprint density at radius 3 is 2.58 bits per heavy atom. The number of hydrogen-bond acceptors (Lipinski definition) is 4. The number of halogens is 1. The summed E-state index contributed by atoms with van der Waals surface area (Å²) in [5.74, 6) is 0.585. The molecule has 1 aromatic carbocycles. The van der Waals surface area contributed by atoms with Crippen molar-refractivity contribution in [1.29, 1.82) is 0 Å². The lowest BCUT2D eigenvalue weighted by Crippen LogP contribution is -2.32. The maximum atomic E-state index is 12.2. The molecule has 6 heteroatoms. The van der Waals surface area contributed by atoms with Crippen LogP contribution < -0.4 is 5.32 Å². The first-order chi connectivity index (χ1) is 12.3. The molecule has 26 heavy (non-hydrogen) atoms. The first-order valence-electron chi connectivity index (χ1n) is 8.91. The van der Waals surface area contributed by atoms with E-state index in [0.717, 1.165) is 16.5 Å². The summed E-state index contributed by atoms with van der Waals surface area (Å²) in [5.41, 5.74) is 2.59. The molecule has 4 rings (SSSR count). The second-order valence-corrected chi connectivity index (χ2v) is 10.0. The predicted octanol–water partition coefficient (Wildman–Crippen LogP) is 5.21. The molecule has 1 amide bonds. The summed E-state index contributed by atoms with van der Waals surface area (Å²) in [5, 5.41) is 12.3. The molecule has 0 aromatic heterocycles. The molecule has 1 N–H and O–H groups in total. The number of thioether (sulfide) groups is 1. The lowest BCUT2D eigenvalue weighted by molar-refractivity contribution is -0.115. The van der Waals surface area contributed by atoms with Crippen molar-refractivity contribution in [2.24, 2.45) is 27.0 Å². The van der Waals surface area contributed by atoms with Crippen LogP contribution in [0.5, 0.6) is 0 Å². The van der Waals surface area contributed by atoms with Gasteiger partial charge in [-0.05, 0) is 66.1 Å². The Bertz CT molecular complexity index is 856. The van der Waals surface area contributed by atoms with Gasteiger partial charge in [-0.25, -0.2) is 0 Å². The monoisotopic (exact) mass is 431 g/mol. The lowest BCUT2D eigenvalue weighted by atomic mass is 9.70. The number of benzene rings is 1. The quantitative estimate of drug-likeness (QED) is 0.515. The van der Waals surface area contributed by atoms with E-state index in [0.29, 0.717) is 16.0 Å². The number of amides is 1. The summed E-state index contributed by atoms with van der Waals surface area (Å²) in [6.45, 7) is 7.02. The highest BCUT2D eigenvalue weighted by Gasteiger charge is 2.60. The van der Waals surface area contributed by atoms with Crippen LogP contribution in [0.2, 0.25) is 0 Å². The standard InChI is InChI=1S/C20H22BrN3OS/c1-19(2)13-8-9-20(19,3)16(11-13)23-24-18-22-17(25)15(26-18)10-12-4-6-14(21)7-5-12/h4-7,10,13H,8-9,11H2,1-3H3,(H,22,24,25)/b15-10+,23-16-. The minimum Gasteiger partial charge on any atom is -0.299 e. The number of carbonyl (C=O) groups is 1. The molecule has 1 aliphatic heterocycles. The van der Waals surface area contributed by atoms with E-state index in [9.17, 15) is 4.79 Å². The summed E-state index contributed by atoms with van der Waals surface area (Å²) in [6.07, 6.45) is 5.37. The van der Waals surface area contributed by atoms with Crippen LogP contribution in [0.15, 0.2) is 43.8 Å². The fourth-order valence-corrected chi connectivity index (χ4v) is 5.41. The van der Waals surface area contributed by atoms with Crippen molar-refractivity contribution in [3.8, 4) is 0 Å². The fraction of sp³-hybridized carbons (Fsp3) is 0.450. The van der Waals surface area contributed by atoms with Crippen molar-refractivity contribution in [1.82, 2.24) is 5.32 Å². The summed E-state index contributed by atoms with van der Waals surface area (Å²) >= 11 is 4.77. The summed E-state index contributed by atoms with van der Waals surface area (Å²) < 4.78 is 1.02. The van der Waals surface area contributed by atoms with Gasteiger partial charge in [-0.1, -0.05) is 48.8 Å². The van der Waals surface area contributed by atoms with E-state index in [1.165, 1.54) is 30.3 Å². The second-order valence-electron chi connectivity index (χ2n) is 8.06. The topological polar surface area (TPSA) is 53.8 Å². The van der Waals surface area contributed by atoms with E-state index in [2.05, 4.69) is 52.2 Å². The van der Waals surface area contributed by atoms with Crippen molar-refractivity contribution in [2.45, 2.75) is 40.0 Å². The smallest absolute Gasteiger partial charge is 0.264 e. The predicted molar refractivity (Wildman–Crippen MR) is 112 cm³/mol. The minimum atomic E-state index is -0.114. The number of rotatable bonds is 2. The van der Waals surface area contributed by atoms with Crippen LogP contribution in [0.25, 0.3) is 6.08 Å². The average molecular weight is 432 g/mol. The molecule has 1 saturated heterocycles. The van der Waals surface area contributed by atoms with Gasteiger partial charge in [0, 0.05) is 15.6 Å². The molecule has 1 heterocycles. The van der Waals surface area contributed by atoms with Crippen LogP contribution >= 0.6 is 27.7 Å². The number of nitrogens with one attached hydrogen (secondary N) is 1. The average Bonchev–Trinajstić information content (AvgIpc) is 3.12. The van der Waals surface area contributed by atoms with E-state index in [4.69, 9.17) is 0 Å². The number of hydrogen-bond donors (Lipinski definition) is 1. The van der Waals surface area contributed by atoms with Gasteiger partial charge in [0.25, 0.3) is 5.91 Å². The number of amidine groups is 1. The maximum Gasteiger partial charge on any atom is 0.264 e. The molecule has 3 fully saturated rings. The summed E-state index contributed by atoms with van der Waals surface area (Å²) in [7, 11) is 0. The molecule has 2 unspecified atom stereocenters. The zero-order valence-electron chi connectivity index (χ0n) is 15.2. The third-order valence-corrected chi connectivity index (χ3v) is 8.02. The third-order valence-electron chi connectivity index (χ3n) is 6.59. The van der Waals surface area contributed by atoms with Crippen LogP contribution in [-0.4, -0.2) is 16.8 Å². The Balaban J connectivity index is 1.53. The fourth-order valence-electron chi connectivity index (χ4n) is 4.37. The first-order valence-corrected chi connectivity index (χ1v) is 10.5. The van der Waals surface area contributed by atoms with Crippen LogP contribution in [0.4, 0.5) is 0 Å². The van der Waals surface area contributed by atoms with Crippen molar-refractivity contribution in [3.63, 3.8) is 0 Å². The molecule has 3 aliphatic rings. The number of fused-ring (bicyclic) bond motifs is 2. The van der Waals surface area contributed by atoms with Crippen molar-refractivity contribution < 1.29 is 4.79 Å². The van der Waals surface area contributed by atoms with Gasteiger partial charge < -0.3 is 0 Å². The van der Waals surface area contributed by atoms with Crippen LogP contribution in [-0.2, 0) is 4.79 Å². The van der Waals surface area contributed by atoms with E-state index in [-0.39, 0.29) is 16.7 Å². The van der Waals surface area contributed by atoms with Crippen molar-refractivity contribution in [3.05, 3.63) is 39.2 Å². The molecule has 2 aliphatic carbocycles. The largest absolute Gasteiger partial charge is 0.299 e. The highest BCUT2D eigenvalue weighted by Crippen LogP contribution is 2.64. The minimum absolute atomic E-state index is 0.114.